The van der Waals surface area contributed by atoms with Crippen LogP contribution in [0.2, 0.25) is 0 Å². The van der Waals surface area contributed by atoms with E-state index in [0.717, 1.165) is 0 Å². The van der Waals surface area contributed by atoms with Gasteiger partial charge in [0, 0.05) is 7.11 Å². The number of nitrogens with two attached hydrogens (primary N) is 1. The van der Waals surface area contributed by atoms with Gasteiger partial charge in [-0.3, -0.25) is 4.79 Å². The van der Waals surface area contributed by atoms with E-state index < -0.39 is 6.04 Å². The van der Waals surface area contributed by atoms with Crippen LogP contribution in [0.25, 0.3) is 0 Å². The van der Waals surface area contributed by atoms with Crippen LogP contribution in [-0.2, 0) is 9.53 Å². The highest BCUT2D eigenvalue weighted by molar-refractivity contribution is 5.96. The maximum absolute atomic E-state index is 11.9. The monoisotopic (exact) mass is 286 g/mol. The Bertz CT molecular complexity index is 587. The van der Waals surface area contributed by atoms with E-state index >= 15 is 0 Å². The number of nitrogens with one attached hydrogen (secondary N) is 1. The SMILES string of the molecule is COCC(N)C(=O)Nc1ccccc1Oc1ccccc1. The largest absolute Gasteiger partial charge is 0.455 e. The lowest BCUT2D eigenvalue weighted by Crippen LogP contribution is -2.39. The molecular weight excluding hydrogens is 268 g/mol. The number of anilines is 1. The number of para-hydroxylation sites is 3. The molecule has 5 nitrogen and oxygen atoms in total. The van der Waals surface area contributed by atoms with Gasteiger partial charge in [0.25, 0.3) is 0 Å². The Morgan fingerprint density at radius 1 is 1.14 bits per heavy atom. The summed E-state index contributed by atoms with van der Waals surface area (Å²) in [6.07, 6.45) is 0. The summed E-state index contributed by atoms with van der Waals surface area (Å²) in [4.78, 5) is 11.9. The fourth-order valence-corrected chi connectivity index (χ4v) is 1.76. The van der Waals surface area contributed by atoms with E-state index in [9.17, 15) is 4.79 Å². The van der Waals surface area contributed by atoms with Crippen molar-refractivity contribution in [1.29, 1.82) is 0 Å². The normalized spacial score (nSPS) is 11.7. The van der Waals surface area contributed by atoms with Gasteiger partial charge in [0.05, 0.1) is 12.3 Å². The summed E-state index contributed by atoms with van der Waals surface area (Å²) in [5.41, 5.74) is 6.27. The minimum atomic E-state index is -0.722. The second kappa shape index (κ2) is 7.42. The van der Waals surface area contributed by atoms with Crippen molar-refractivity contribution >= 4 is 11.6 Å². The first-order valence-electron chi connectivity index (χ1n) is 6.58. The third kappa shape index (κ3) is 4.30. The van der Waals surface area contributed by atoms with E-state index in [1.807, 2.05) is 42.5 Å². The van der Waals surface area contributed by atoms with Gasteiger partial charge >= 0.3 is 0 Å². The Balaban J connectivity index is 2.12. The third-order valence-electron chi connectivity index (χ3n) is 2.80. The predicted octanol–water partition coefficient (Wildman–Crippen LogP) is 2.39. The molecule has 2 aromatic rings. The van der Waals surface area contributed by atoms with E-state index in [1.165, 1.54) is 7.11 Å². The molecule has 1 amide bonds. The molecule has 0 aromatic heterocycles. The van der Waals surface area contributed by atoms with Crippen LogP contribution in [0.5, 0.6) is 11.5 Å². The van der Waals surface area contributed by atoms with Gasteiger partial charge < -0.3 is 20.5 Å². The molecule has 2 rings (SSSR count). The van der Waals surface area contributed by atoms with Gasteiger partial charge in [-0.1, -0.05) is 30.3 Å². The molecule has 3 N–H and O–H groups in total. The Morgan fingerprint density at radius 3 is 2.52 bits per heavy atom. The Hall–Kier alpha value is -2.37. The van der Waals surface area contributed by atoms with Crippen molar-refractivity contribution in [3.05, 3.63) is 54.6 Å². The van der Waals surface area contributed by atoms with Crippen molar-refractivity contribution in [3.63, 3.8) is 0 Å². The lowest BCUT2D eigenvalue weighted by Gasteiger charge is -2.14. The molecule has 0 bridgehead atoms. The molecule has 0 heterocycles. The lowest BCUT2D eigenvalue weighted by atomic mass is 10.2. The molecule has 0 saturated heterocycles. The van der Waals surface area contributed by atoms with E-state index in [1.54, 1.807) is 12.1 Å². The van der Waals surface area contributed by atoms with Gasteiger partial charge in [-0.05, 0) is 24.3 Å². The second-order valence-electron chi connectivity index (χ2n) is 4.46. The number of methoxy groups -OCH3 is 1. The highest BCUT2D eigenvalue weighted by atomic mass is 16.5. The first-order chi connectivity index (χ1) is 10.2. The van der Waals surface area contributed by atoms with Gasteiger partial charge in [0.15, 0.2) is 5.75 Å². The molecule has 0 aliphatic heterocycles. The van der Waals surface area contributed by atoms with Crippen LogP contribution in [0.3, 0.4) is 0 Å². The van der Waals surface area contributed by atoms with E-state index in [4.69, 9.17) is 15.2 Å². The van der Waals surface area contributed by atoms with Crippen LogP contribution < -0.4 is 15.8 Å². The van der Waals surface area contributed by atoms with E-state index in [0.29, 0.717) is 17.2 Å². The zero-order valence-electron chi connectivity index (χ0n) is 11.8. The highest BCUT2D eigenvalue weighted by Gasteiger charge is 2.15. The maximum atomic E-state index is 11.9. The standard InChI is InChI=1S/C16H18N2O3/c1-20-11-13(17)16(19)18-14-9-5-6-10-15(14)21-12-7-3-2-4-8-12/h2-10,13H,11,17H2,1H3,(H,18,19). The lowest BCUT2D eigenvalue weighted by molar-refractivity contribution is -0.118. The summed E-state index contributed by atoms with van der Waals surface area (Å²) in [6, 6.07) is 15.8. The van der Waals surface area contributed by atoms with Gasteiger partial charge in [-0.25, -0.2) is 0 Å². The number of hydrogen-bond donors (Lipinski definition) is 2. The van der Waals surface area contributed by atoms with Crippen LogP contribution in [0, 0.1) is 0 Å². The first kappa shape index (κ1) is 15.0. The molecule has 0 spiro atoms. The zero-order chi connectivity index (χ0) is 15.1. The molecule has 2 aromatic carbocycles. The Labute approximate surface area is 123 Å². The third-order valence-corrected chi connectivity index (χ3v) is 2.80. The number of carbonyl (C=O) groups is 1. The molecule has 0 radical (unpaired) electrons. The van der Waals surface area contributed by atoms with Crippen molar-refractivity contribution in [2.75, 3.05) is 19.0 Å². The smallest absolute Gasteiger partial charge is 0.243 e. The number of benzene rings is 2. The molecule has 0 saturated carbocycles. The average molecular weight is 286 g/mol. The number of ether oxygens (including phenoxy) is 2. The summed E-state index contributed by atoms with van der Waals surface area (Å²) in [7, 11) is 1.50. The van der Waals surface area contributed by atoms with Gasteiger partial charge in [-0.2, -0.15) is 0 Å². The van der Waals surface area contributed by atoms with Crippen LogP contribution in [-0.4, -0.2) is 25.7 Å². The molecule has 0 aliphatic rings. The summed E-state index contributed by atoms with van der Waals surface area (Å²) in [6.45, 7) is 0.160. The molecule has 0 fully saturated rings. The topological polar surface area (TPSA) is 73.6 Å². The quantitative estimate of drug-likeness (QED) is 0.855. The molecule has 1 atom stereocenters. The molecule has 1 unspecified atom stereocenters. The maximum Gasteiger partial charge on any atom is 0.243 e. The van der Waals surface area contributed by atoms with E-state index in [2.05, 4.69) is 5.32 Å². The van der Waals surface area contributed by atoms with Crippen molar-refractivity contribution in [2.45, 2.75) is 6.04 Å². The molecule has 5 heteroatoms. The fraction of sp³-hybridized carbons (Fsp3) is 0.188. The number of hydrogen-bond acceptors (Lipinski definition) is 4. The van der Waals surface area contributed by atoms with Gasteiger partial charge in [0.2, 0.25) is 5.91 Å². The summed E-state index contributed by atoms with van der Waals surface area (Å²) < 4.78 is 10.6. The summed E-state index contributed by atoms with van der Waals surface area (Å²) >= 11 is 0. The van der Waals surface area contributed by atoms with Crippen molar-refractivity contribution in [2.24, 2.45) is 5.73 Å². The fourth-order valence-electron chi connectivity index (χ4n) is 1.76. The molecule has 21 heavy (non-hydrogen) atoms. The number of rotatable bonds is 6. The molecule has 0 aliphatic carbocycles. The van der Waals surface area contributed by atoms with Gasteiger partial charge in [0.1, 0.15) is 11.8 Å². The van der Waals surface area contributed by atoms with Crippen molar-refractivity contribution in [3.8, 4) is 11.5 Å². The van der Waals surface area contributed by atoms with Crippen molar-refractivity contribution in [1.82, 2.24) is 0 Å². The minimum Gasteiger partial charge on any atom is -0.455 e. The Morgan fingerprint density at radius 2 is 1.81 bits per heavy atom. The highest BCUT2D eigenvalue weighted by Crippen LogP contribution is 2.29. The van der Waals surface area contributed by atoms with Crippen LogP contribution >= 0.6 is 0 Å². The summed E-state index contributed by atoms with van der Waals surface area (Å²) in [5, 5.41) is 2.75. The molecule has 110 valence electrons. The van der Waals surface area contributed by atoms with E-state index in [-0.39, 0.29) is 12.5 Å². The predicted molar refractivity (Wildman–Crippen MR) is 81.4 cm³/mol. The first-order valence-corrected chi connectivity index (χ1v) is 6.58. The van der Waals surface area contributed by atoms with Crippen LogP contribution in [0.4, 0.5) is 5.69 Å². The van der Waals surface area contributed by atoms with Crippen molar-refractivity contribution < 1.29 is 14.3 Å². The number of amides is 1. The Kier molecular flexibility index (Phi) is 5.31. The minimum absolute atomic E-state index is 0.160. The molecular formula is C16H18N2O3. The zero-order valence-corrected chi connectivity index (χ0v) is 11.8. The van der Waals surface area contributed by atoms with Crippen LogP contribution in [0.15, 0.2) is 54.6 Å². The average Bonchev–Trinajstić information content (AvgIpc) is 2.50. The van der Waals surface area contributed by atoms with Gasteiger partial charge in [-0.15, -0.1) is 0 Å². The summed E-state index contributed by atoms with van der Waals surface area (Å²) in [5.74, 6) is 0.933. The number of carbonyl (C=O) groups excluding carboxylic acids is 1. The van der Waals surface area contributed by atoms with Crippen LogP contribution in [0.1, 0.15) is 0 Å². The second-order valence-corrected chi connectivity index (χ2v) is 4.46.